The van der Waals surface area contributed by atoms with Crippen LogP contribution in [-0.2, 0) is 4.74 Å². The average molecular weight is 373 g/mol. The molecule has 1 aromatic carbocycles. The van der Waals surface area contributed by atoms with Gasteiger partial charge in [0.05, 0.1) is 12.7 Å². The maximum absolute atomic E-state index is 12.7. The van der Waals surface area contributed by atoms with E-state index in [-0.39, 0.29) is 23.0 Å². The SMILES string of the molecule is COC(=O)c1ccc(-c2nc(C(=O)NC(C)(C)C)c(NC(C)(C)C)o2)cc1. The number of rotatable bonds is 4. The van der Waals surface area contributed by atoms with Crippen molar-refractivity contribution in [1.29, 1.82) is 0 Å². The van der Waals surface area contributed by atoms with Crippen molar-refractivity contribution in [2.75, 3.05) is 12.4 Å². The van der Waals surface area contributed by atoms with Gasteiger partial charge in [0.15, 0.2) is 5.69 Å². The smallest absolute Gasteiger partial charge is 0.337 e. The summed E-state index contributed by atoms with van der Waals surface area (Å²) in [5.74, 6) is -0.154. The molecule has 0 aliphatic rings. The molecule has 0 aliphatic heterocycles. The normalized spacial score (nSPS) is 11.8. The monoisotopic (exact) mass is 373 g/mol. The highest BCUT2D eigenvalue weighted by Gasteiger charge is 2.26. The van der Waals surface area contributed by atoms with Crippen molar-refractivity contribution in [3.05, 3.63) is 35.5 Å². The lowest BCUT2D eigenvalue weighted by Crippen LogP contribution is -2.41. The third-order valence-corrected chi connectivity index (χ3v) is 3.37. The van der Waals surface area contributed by atoms with Crippen LogP contribution in [0, 0.1) is 0 Å². The Hall–Kier alpha value is -2.83. The van der Waals surface area contributed by atoms with Crippen LogP contribution in [0.25, 0.3) is 11.5 Å². The quantitative estimate of drug-likeness (QED) is 0.790. The van der Waals surface area contributed by atoms with Crippen LogP contribution in [0.3, 0.4) is 0 Å². The first-order valence-electron chi connectivity index (χ1n) is 8.70. The number of aromatic nitrogens is 1. The van der Waals surface area contributed by atoms with Gasteiger partial charge in [-0.25, -0.2) is 9.78 Å². The van der Waals surface area contributed by atoms with Gasteiger partial charge in [-0.3, -0.25) is 4.79 Å². The van der Waals surface area contributed by atoms with Gasteiger partial charge in [-0.05, 0) is 65.8 Å². The Morgan fingerprint density at radius 3 is 2.07 bits per heavy atom. The molecule has 27 heavy (non-hydrogen) atoms. The number of benzene rings is 1. The Kier molecular flexibility index (Phi) is 5.63. The topological polar surface area (TPSA) is 93.5 Å². The number of esters is 1. The van der Waals surface area contributed by atoms with E-state index in [1.807, 2.05) is 41.5 Å². The zero-order valence-electron chi connectivity index (χ0n) is 16.9. The van der Waals surface area contributed by atoms with Crippen LogP contribution >= 0.6 is 0 Å². The molecule has 7 heteroatoms. The van der Waals surface area contributed by atoms with Crippen LogP contribution in [0.1, 0.15) is 62.4 Å². The lowest BCUT2D eigenvalue weighted by molar-refractivity contribution is 0.0600. The van der Waals surface area contributed by atoms with Crippen LogP contribution in [-0.4, -0.2) is 35.0 Å². The summed E-state index contributed by atoms with van der Waals surface area (Å²) in [6.45, 7) is 11.6. The van der Waals surface area contributed by atoms with Crippen molar-refractivity contribution in [1.82, 2.24) is 10.3 Å². The molecule has 0 saturated carbocycles. The minimum absolute atomic E-state index is 0.187. The van der Waals surface area contributed by atoms with Gasteiger partial charge in [0.1, 0.15) is 0 Å². The third-order valence-electron chi connectivity index (χ3n) is 3.37. The van der Waals surface area contributed by atoms with Gasteiger partial charge in [-0.1, -0.05) is 0 Å². The summed E-state index contributed by atoms with van der Waals surface area (Å²) in [6.07, 6.45) is 0. The average Bonchev–Trinajstić information content (AvgIpc) is 2.94. The number of nitrogens with zero attached hydrogens (tertiary/aromatic N) is 1. The van der Waals surface area contributed by atoms with Crippen LogP contribution in [0.5, 0.6) is 0 Å². The highest BCUT2D eigenvalue weighted by atomic mass is 16.5. The number of ether oxygens (including phenoxy) is 1. The summed E-state index contributed by atoms with van der Waals surface area (Å²) in [6, 6.07) is 6.64. The fourth-order valence-corrected chi connectivity index (χ4v) is 2.29. The van der Waals surface area contributed by atoms with Crippen molar-refractivity contribution >= 4 is 17.8 Å². The van der Waals surface area contributed by atoms with Crippen LogP contribution in [0.15, 0.2) is 28.7 Å². The maximum Gasteiger partial charge on any atom is 0.337 e. The highest BCUT2D eigenvalue weighted by Crippen LogP contribution is 2.28. The predicted octanol–water partition coefficient (Wildman–Crippen LogP) is 3.87. The van der Waals surface area contributed by atoms with Crippen LogP contribution in [0.2, 0.25) is 0 Å². The van der Waals surface area contributed by atoms with Crippen molar-refractivity contribution in [2.45, 2.75) is 52.6 Å². The fourth-order valence-electron chi connectivity index (χ4n) is 2.29. The second-order valence-corrected chi connectivity index (χ2v) is 8.34. The first kappa shape index (κ1) is 20.5. The standard InChI is InChI=1S/C20H27N3O4/c1-19(2,3)22-15(24)14-17(23-20(4,5)6)27-16(21-14)12-8-10-13(11-9-12)18(25)26-7/h8-11,23H,1-7H3,(H,22,24). The number of hydrogen-bond donors (Lipinski definition) is 2. The third kappa shape index (κ3) is 5.57. The summed E-state index contributed by atoms with van der Waals surface area (Å²) in [4.78, 5) is 28.6. The van der Waals surface area contributed by atoms with Gasteiger partial charge in [-0.15, -0.1) is 0 Å². The Labute approximate surface area is 159 Å². The van der Waals surface area contributed by atoms with Gasteiger partial charge in [0.2, 0.25) is 11.8 Å². The molecule has 0 atom stereocenters. The number of oxazole rings is 1. The number of carbonyl (C=O) groups excluding carboxylic acids is 2. The molecule has 0 radical (unpaired) electrons. The maximum atomic E-state index is 12.7. The van der Waals surface area contributed by atoms with E-state index in [1.165, 1.54) is 7.11 Å². The first-order valence-corrected chi connectivity index (χ1v) is 8.70. The molecular weight excluding hydrogens is 346 g/mol. The molecule has 0 unspecified atom stereocenters. The molecule has 7 nitrogen and oxygen atoms in total. The lowest BCUT2D eigenvalue weighted by atomic mass is 10.1. The van der Waals surface area contributed by atoms with Crippen molar-refractivity contribution in [3.8, 4) is 11.5 Å². The lowest BCUT2D eigenvalue weighted by Gasteiger charge is -2.22. The molecule has 1 aromatic heterocycles. The fraction of sp³-hybridized carbons (Fsp3) is 0.450. The number of hydrogen-bond acceptors (Lipinski definition) is 6. The second-order valence-electron chi connectivity index (χ2n) is 8.34. The van der Waals surface area contributed by atoms with Gasteiger partial charge < -0.3 is 19.8 Å². The molecule has 146 valence electrons. The zero-order chi connectivity index (χ0) is 20.4. The zero-order valence-corrected chi connectivity index (χ0v) is 16.9. The van der Waals surface area contributed by atoms with Crippen LogP contribution < -0.4 is 10.6 Å². The summed E-state index contributed by atoms with van der Waals surface area (Å²) in [5, 5.41) is 6.08. The summed E-state index contributed by atoms with van der Waals surface area (Å²) in [7, 11) is 1.33. The molecule has 0 bridgehead atoms. The highest BCUT2D eigenvalue weighted by molar-refractivity contribution is 5.97. The number of nitrogens with one attached hydrogen (secondary N) is 2. The minimum Gasteiger partial charge on any atom is -0.465 e. The van der Waals surface area contributed by atoms with E-state index in [9.17, 15) is 9.59 Å². The molecule has 1 amide bonds. The molecule has 2 N–H and O–H groups in total. The largest absolute Gasteiger partial charge is 0.465 e. The van der Waals surface area contributed by atoms with E-state index >= 15 is 0 Å². The van der Waals surface area contributed by atoms with E-state index in [1.54, 1.807) is 24.3 Å². The number of methoxy groups -OCH3 is 1. The Morgan fingerprint density at radius 2 is 1.59 bits per heavy atom. The van der Waals surface area contributed by atoms with E-state index in [4.69, 9.17) is 9.15 Å². The van der Waals surface area contributed by atoms with Gasteiger partial charge in [0, 0.05) is 16.6 Å². The molecule has 0 aliphatic carbocycles. The van der Waals surface area contributed by atoms with Gasteiger partial charge in [-0.2, -0.15) is 0 Å². The Bertz CT molecular complexity index is 824. The van der Waals surface area contributed by atoms with E-state index in [0.717, 1.165) is 0 Å². The van der Waals surface area contributed by atoms with Gasteiger partial charge >= 0.3 is 5.97 Å². The summed E-state index contributed by atoms with van der Waals surface area (Å²) < 4.78 is 10.5. The van der Waals surface area contributed by atoms with Crippen LogP contribution in [0.4, 0.5) is 5.88 Å². The first-order chi connectivity index (χ1) is 12.4. The molecule has 0 fully saturated rings. The number of carbonyl (C=O) groups is 2. The second kappa shape index (κ2) is 7.42. The van der Waals surface area contributed by atoms with Gasteiger partial charge in [0.25, 0.3) is 5.91 Å². The minimum atomic E-state index is -0.422. The molecule has 2 rings (SSSR count). The van der Waals surface area contributed by atoms with E-state index < -0.39 is 11.5 Å². The van der Waals surface area contributed by atoms with Crippen molar-refractivity contribution < 1.29 is 18.7 Å². The molecule has 1 heterocycles. The Morgan fingerprint density at radius 1 is 1.00 bits per heavy atom. The molecule has 0 spiro atoms. The summed E-state index contributed by atoms with van der Waals surface area (Å²) in [5.41, 5.74) is 0.535. The Balaban J connectivity index is 2.41. The number of anilines is 1. The van der Waals surface area contributed by atoms with E-state index in [2.05, 4.69) is 15.6 Å². The molecular formula is C20H27N3O4. The molecule has 0 saturated heterocycles. The van der Waals surface area contributed by atoms with E-state index in [0.29, 0.717) is 17.0 Å². The summed E-state index contributed by atoms with van der Waals surface area (Å²) >= 11 is 0. The molecule has 2 aromatic rings. The van der Waals surface area contributed by atoms with Crippen molar-refractivity contribution in [2.24, 2.45) is 0 Å². The number of amides is 1. The predicted molar refractivity (Wildman–Crippen MR) is 104 cm³/mol. The van der Waals surface area contributed by atoms with Crippen molar-refractivity contribution in [3.63, 3.8) is 0 Å².